The molecule has 0 spiro atoms. The lowest BCUT2D eigenvalue weighted by atomic mass is 10.3. The minimum absolute atomic E-state index is 0.0981. The smallest absolute Gasteiger partial charge is 0.323 e. The summed E-state index contributed by atoms with van der Waals surface area (Å²) in [5, 5.41) is 9.25. The molecule has 4 amide bonds. The number of nitrogens with zero attached hydrogens (tertiary/aromatic N) is 5. The van der Waals surface area contributed by atoms with Crippen LogP contribution in [0.15, 0.2) is 18.5 Å². The van der Waals surface area contributed by atoms with Gasteiger partial charge >= 0.3 is 6.03 Å². The minimum atomic E-state index is -0.470. The summed E-state index contributed by atoms with van der Waals surface area (Å²) in [6.07, 6.45) is 1.69. The minimum Gasteiger partial charge on any atom is -0.323 e. The normalized spacial score (nSPS) is 14.3. The van der Waals surface area contributed by atoms with Gasteiger partial charge < -0.3 is 10.2 Å². The molecule has 26 heavy (non-hydrogen) atoms. The molecule has 10 heteroatoms. The van der Waals surface area contributed by atoms with Gasteiger partial charge in [-0.25, -0.2) is 19.4 Å². The maximum Gasteiger partial charge on any atom is 0.324 e. The zero-order valence-corrected chi connectivity index (χ0v) is 14.5. The second kappa shape index (κ2) is 7.30. The first-order chi connectivity index (χ1) is 12.4. The lowest BCUT2D eigenvalue weighted by Gasteiger charge is -2.26. The summed E-state index contributed by atoms with van der Waals surface area (Å²) in [5.74, 6) is 0.321. The molecule has 1 fully saturated rings. The van der Waals surface area contributed by atoms with Crippen molar-refractivity contribution in [1.82, 2.24) is 30.0 Å². The Morgan fingerprint density at radius 3 is 2.77 bits per heavy atom. The van der Waals surface area contributed by atoms with Crippen LogP contribution < -0.4 is 10.6 Å². The molecule has 2 aromatic heterocycles. The average molecular weight is 357 g/mol. The van der Waals surface area contributed by atoms with Gasteiger partial charge in [0.1, 0.15) is 12.1 Å². The highest BCUT2D eigenvalue weighted by atomic mass is 16.2. The molecule has 2 N–H and O–H groups in total. The van der Waals surface area contributed by atoms with Crippen LogP contribution in [0.2, 0.25) is 0 Å². The van der Waals surface area contributed by atoms with E-state index in [1.54, 1.807) is 10.7 Å². The van der Waals surface area contributed by atoms with E-state index in [4.69, 9.17) is 0 Å². The van der Waals surface area contributed by atoms with Crippen LogP contribution in [0, 0.1) is 13.8 Å². The fourth-order valence-electron chi connectivity index (χ4n) is 2.65. The molecule has 2 aromatic rings. The van der Waals surface area contributed by atoms with Crippen molar-refractivity contribution in [3.05, 3.63) is 29.8 Å². The maximum atomic E-state index is 12.1. The van der Waals surface area contributed by atoms with E-state index in [1.807, 2.05) is 19.9 Å². The number of rotatable bonds is 5. The van der Waals surface area contributed by atoms with Crippen LogP contribution in [0.25, 0.3) is 5.82 Å². The second-order valence-electron chi connectivity index (χ2n) is 5.99. The van der Waals surface area contributed by atoms with E-state index in [1.165, 1.54) is 11.2 Å². The number of aromatic nitrogens is 4. The molecule has 136 valence electrons. The van der Waals surface area contributed by atoms with Gasteiger partial charge in [0.2, 0.25) is 11.8 Å². The van der Waals surface area contributed by atoms with Crippen molar-refractivity contribution in [3.63, 3.8) is 0 Å². The number of hydrogen-bond acceptors (Lipinski definition) is 6. The van der Waals surface area contributed by atoms with Crippen LogP contribution in [0.4, 0.5) is 10.6 Å². The Kier molecular flexibility index (Phi) is 4.92. The Morgan fingerprint density at radius 2 is 2.08 bits per heavy atom. The lowest BCUT2D eigenvalue weighted by Crippen LogP contribution is -2.50. The van der Waals surface area contributed by atoms with Gasteiger partial charge in [0, 0.05) is 37.7 Å². The largest absolute Gasteiger partial charge is 0.324 e. The van der Waals surface area contributed by atoms with Crippen molar-refractivity contribution >= 4 is 23.7 Å². The Hall–Kier alpha value is -3.30. The van der Waals surface area contributed by atoms with Crippen molar-refractivity contribution in [2.75, 3.05) is 18.4 Å². The number of urea groups is 1. The van der Waals surface area contributed by atoms with E-state index in [0.717, 1.165) is 11.4 Å². The van der Waals surface area contributed by atoms with Gasteiger partial charge in [-0.3, -0.25) is 14.9 Å². The van der Waals surface area contributed by atoms with E-state index in [0.29, 0.717) is 18.2 Å². The fraction of sp³-hybridized carbons (Fsp3) is 0.375. The van der Waals surface area contributed by atoms with Crippen LogP contribution >= 0.6 is 0 Å². The Morgan fingerprint density at radius 1 is 1.27 bits per heavy atom. The first-order valence-electron chi connectivity index (χ1n) is 8.16. The van der Waals surface area contributed by atoms with Crippen LogP contribution in [0.3, 0.4) is 0 Å². The predicted molar refractivity (Wildman–Crippen MR) is 91.6 cm³/mol. The molecular formula is C16H19N7O3. The van der Waals surface area contributed by atoms with Crippen LogP contribution in [0.5, 0.6) is 0 Å². The van der Waals surface area contributed by atoms with Crippen molar-refractivity contribution < 1.29 is 14.4 Å². The predicted octanol–water partition coefficient (Wildman–Crippen LogP) is 0.550. The number of anilines is 1. The van der Waals surface area contributed by atoms with Gasteiger partial charge in [0.15, 0.2) is 5.82 Å². The number of imide groups is 1. The first-order valence-corrected chi connectivity index (χ1v) is 8.16. The topological polar surface area (TPSA) is 122 Å². The number of hydrogen-bond donors (Lipinski definition) is 2. The molecule has 0 unspecified atom stereocenters. The molecule has 1 aliphatic heterocycles. The lowest BCUT2D eigenvalue weighted by molar-refractivity contribution is -0.121. The van der Waals surface area contributed by atoms with Crippen molar-refractivity contribution in [3.8, 4) is 5.82 Å². The fourth-order valence-corrected chi connectivity index (χ4v) is 2.65. The summed E-state index contributed by atoms with van der Waals surface area (Å²) in [6, 6.07) is 3.08. The molecule has 3 rings (SSSR count). The van der Waals surface area contributed by atoms with Crippen molar-refractivity contribution in [2.45, 2.75) is 26.7 Å². The molecule has 3 heterocycles. The number of carbonyl (C=O) groups is 3. The van der Waals surface area contributed by atoms with Gasteiger partial charge in [0.05, 0.1) is 5.69 Å². The molecule has 0 bridgehead atoms. The van der Waals surface area contributed by atoms with Gasteiger partial charge in [-0.05, 0) is 19.9 Å². The number of nitrogens with one attached hydrogen (secondary N) is 2. The van der Waals surface area contributed by atoms with E-state index in [2.05, 4.69) is 25.7 Å². The van der Waals surface area contributed by atoms with Crippen LogP contribution in [-0.2, 0) is 9.59 Å². The molecule has 0 atom stereocenters. The zero-order valence-electron chi connectivity index (χ0n) is 14.5. The molecular weight excluding hydrogens is 338 g/mol. The molecule has 10 nitrogen and oxygen atoms in total. The van der Waals surface area contributed by atoms with E-state index in [-0.39, 0.29) is 31.2 Å². The summed E-state index contributed by atoms with van der Waals surface area (Å²) < 4.78 is 1.67. The molecule has 0 aromatic carbocycles. The second-order valence-corrected chi connectivity index (χ2v) is 5.99. The molecule has 0 radical (unpaired) electrons. The summed E-state index contributed by atoms with van der Waals surface area (Å²) in [6.45, 7) is 4.33. The maximum absolute atomic E-state index is 12.1. The Labute approximate surface area is 149 Å². The highest BCUT2D eigenvalue weighted by Gasteiger charge is 2.23. The summed E-state index contributed by atoms with van der Waals surface area (Å²) >= 11 is 0. The Balaban J connectivity index is 1.59. The van der Waals surface area contributed by atoms with Crippen LogP contribution in [0.1, 0.15) is 24.2 Å². The quantitative estimate of drug-likeness (QED) is 0.806. The summed E-state index contributed by atoms with van der Waals surface area (Å²) in [4.78, 5) is 44.5. The van der Waals surface area contributed by atoms with E-state index < -0.39 is 6.03 Å². The average Bonchev–Trinajstić information content (AvgIpc) is 2.93. The highest BCUT2D eigenvalue weighted by Crippen LogP contribution is 2.12. The van der Waals surface area contributed by atoms with Gasteiger partial charge in [0.25, 0.3) is 0 Å². The molecule has 0 saturated carbocycles. The summed E-state index contributed by atoms with van der Waals surface area (Å²) in [5.41, 5.74) is 1.79. The Bertz CT molecular complexity index is 861. The number of carbonyl (C=O) groups excluding carboxylic acids is 3. The third-order valence-corrected chi connectivity index (χ3v) is 3.90. The number of amides is 4. The molecule has 1 saturated heterocycles. The molecule has 1 aliphatic rings. The van der Waals surface area contributed by atoms with Gasteiger partial charge in [-0.15, -0.1) is 0 Å². The third kappa shape index (κ3) is 4.02. The van der Waals surface area contributed by atoms with Crippen molar-refractivity contribution in [2.24, 2.45) is 0 Å². The SMILES string of the molecule is Cc1cc(C)n(-c2cc(NC(=O)CCN3CCC(=O)NC3=O)ncn2)n1. The van der Waals surface area contributed by atoms with Crippen molar-refractivity contribution in [1.29, 1.82) is 0 Å². The third-order valence-electron chi connectivity index (χ3n) is 3.90. The van der Waals surface area contributed by atoms with Gasteiger partial charge in [-0.2, -0.15) is 5.10 Å². The molecule has 0 aliphatic carbocycles. The standard InChI is InChI=1S/C16H19N7O3/c1-10-7-11(2)23(21-10)13-8-12(17-9-18-13)19-14(24)3-5-22-6-4-15(25)20-16(22)26/h7-9H,3-6H2,1-2H3,(H,20,25,26)(H,17,18,19,24). The number of aryl methyl sites for hydroxylation is 2. The van der Waals surface area contributed by atoms with E-state index >= 15 is 0 Å². The van der Waals surface area contributed by atoms with E-state index in [9.17, 15) is 14.4 Å². The van der Waals surface area contributed by atoms with Crippen LogP contribution in [-0.4, -0.2) is 55.6 Å². The van der Waals surface area contributed by atoms with Gasteiger partial charge in [-0.1, -0.05) is 0 Å². The zero-order chi connectivity index (χ0) is 18.7. The summed E-state index contributed by atoms with van der Waals surface area (Å²) in [7, 11) is 0. The first kappa shape index (κ1) is 17.5. The monoisotopic (exact) mass is 357 g/mol. The highest BCUT2D eigenvalue weighted by molar-refractivity contribution is 5.97.